The van der Waals surface area contributed by atoms with Crippen LogP contribution in [0.3, 0.4) is 0 Å². The molecule has 18 heavy (non-hydrogen) atoms. The molecule has 3 rings (SSSR count). The van der Waals surface area contributed by atoms with Crippen molar-refractivity contribution >= 4 is 45.1 Å². The standard InChI is InChI=1S/C13H9ClIN3/c1-18-12(5-6-16-18)11-7-9(14)8-3-2-4-10(15)13(8)17-11/h2-7H,1H3. The van der Waals surface area contributed by atoms with Crippen molar-refractivity contribution in [2.75, 3.05) is 0 Å². The van der Waals surface area contributed by atoms with E-state index in [9.17, 15) is 0 Å². The van der Waals surface area contributed by atoms with E-state index in [1.54, 1.807) is 10.9 Å². The monoisotopic (exact) mass is 369 g/mol. The largest absolute Gasteiger partial charge is 0.266 e. The normalized spacial score (nSPS) is 11.1. The number of halogens is 2. The fourth-order valence-corrected chi connectivity index (χ4v) is 2.80. The van der Waals surface area contributed by atoms with Crippen LogP contribution in [0.1, 0.15) is 0 Å². The van der Waals surface area contributed by atoms with E-state index in [0.29, 0.717) is 0 Å². The van der Waals surface area contributed by atoms with Crippen molar-refractivity contribution in [3.8, 4) is 11.4 Å². The van der Waals surface area contributed by atoms with Gasteiger partial charge in [0, 0.05) is 22.2 Å². The maximum absolute atomic E-state index is 6.33. The number of pyridine rings is 1. The Labute approximate surface area is 123 Å². The van der Waals surface area contributed by atoms with Gasteiger partial charge in [-0.25, -0.2) is 4.98 Å². The molecular formula is C13H9ClIN3. The Morgan fingerprint density at radius 2 is 2.11 bits per heavy atom. The smallest absolute Gasteiger partial charge is 0.0905 e. The Kier molecular flexibility index (Phi) is 2.99. The zero-order valence-electron chi connectivity index (χ0n) is 9.56. The summed E-state index contributed by atoms with van der Waals surface area (Å²) in [4.78, 5) is 4.69. The summed E-state index contributed by atoms with van der Waals surface area (Å²) in [7, 11) is 1.89. The molecule has 0 fully saturated rings. The molecule has 0 bridgehead atoms. The fraction of sp³-hybridized carbons (Fsp3) is 0.0769. The SMILES string of the molecule is Cn1nccc1-c1cc(Cl)c2cccc(I)c2n1. The number of fused-ring (bicyclic) bond motifs is 1. The third kappa shape index (κ3) is 1.89. The van der Waals surface area contributed by atoms with Crippen LogP contribution in [-0.2, 0) is 7.05 Å². The van der Waals surface area contributed by atoms with Crippen LogP contribution in [0.15, 0.2) is 36.5 Å². The summed E-state index contributed by atoms with van der Waals surface area (Å²) in [5.41, 5.74) is 2.73. The van der Waals surface area contributed by atoms with Gasteiger partial charge in [0.15, 0.2) is 0 Å². The van der Waals surface area contributed by atoms with Crippen molar-refractivity contribution in [1.29, 1.82) is 0 Å². The van der Waals surface area contributed by atoms with Gasteiger partial charge in [-0.3, -0.25) is 4.68 Å². The molecule has 1 aromatic carbocycles. The van der Waals surface area contributed by atoms with Crippen LogP contribution in [-0.4, -0.2) is 14.8 Å². The third-order valence-electron chi connectivity index (χ3n) is 2.82. The van der Waals surface area contributed by atoms with Crippen LogP contribution < -0.4 is 0 Å². The number of aryl methyl sites for hydroxylation is 1. The molecular weight excluding hydrogens is 361 g/mol. The molecule has 3 nitrogen and oxygen atoms in total. The first kappa shape index (κ1) is 11.9. The Morgan fingerprint density at radius 3 is 2.83 bits per heavy atom. The Balaban J connectivity index is 2.34. The molecule has 2 heterocycles. The number of benzene rings is 1. The lowest BCUT2D eigenvalue weighted by Gasteiger charge is -2.07. The molecule has 0 unspecified atom stereocenters. The zero-order chi connectivity index (χ0) is 12.7. The number of rotatable bonds is 1. The van der Waals surface area contributed by atoms with Crippen molar-refractivity contribution in [2.24, 2.45) is 7.05 Å². The van der Waals surface area contributed by atoms with E-state index in [0.717, 1.165) is 30.9 Å². The first-order valence-electron chi connectivity index (χ1n) is 5.40. The Morgan fingerprint density at radius 1 is 1.28 bits per heavy atom. The Bertz CT molecular complexity index is 736. The van der Waals surface area contributed by atoms with Gasteiger partial charge in [-0.2, -0.15) is 5.10 Å². The molecule has 0 aliphatic heterocycles. The average Bonchev–Trinajstić information content (AvgIpc) is 2.77. The van der Waals surface area contributed by atoms with E-state index in [4.69, 9.17) is 11.6 Å². The van der Waals surface area contributed by atoms with E-state index < -0.39 is 0 Å². The van der Waals surface area contributed by atoms with Crippen molar-refractivity contribution in [3.63, 3.8) is 0 Å². The molecule has 0 saturated heterocycles. The van der Waals surface area contributed by atoms with E-state index in [1.807, 2.05) is 37.4 Å². The van der Waals surface area contributed by atoms with Gasteiger partial charge in [-0.05, 0) is 40.8 Å². The van der Waals surface area contributed by atoms with Crippen molar-refractivity contribution in [1.82, 2.24) is 14.8 Å². The second-order valence-corrected chi connectivity index (χ2v) is 5.53. The molecule has 0 N–H and O–H groups in total. The van der Waals surface area contributed by atoms with Gasteiger partial charge in [0.1, 0.15) is 0 Å². The molecule has 0 aliphatic carbocycles. The summed E-state index contributed by atoms with van der Waals surface area (Å²) in [5.74, 6) is 0. The van der Waals surface area contributed by atoms with E-state index in [1.165, 1.54) is 0 Å². The molecule has 90 valence electrons. The summed E-state index contributed by atoms with van der Waals surface area (Å²) < 4.78 is 2.89. The molecule has 0 radical (unpaired) electrons. The predicted octanol–water partition coefficient (Wildman–Crippen LogP) is 3.89. The van der Waals surface area contributed by atoms with Gasteiger partial charge in [-0.15, -0.1) is 0 Å². The summed E-state index contributed by atoms with van der Waals surface area (Å²) in [5, 5.41) is 5.86. The predicted molar refractivity (Wildman–Crippen MR) is 81.7 cm³/mol. The summed E-state index contributed by atoms with van der Waals surface area (Å²) in [6.07, 6.45) is 1.76. The summed E-state index contributed by atoms with van der Waals surface area (Å²) in [6, 6.07) is 9.82. The second kappa shape index (κ2) is 4.51. The van der Waals surface area contributed by atoms with Crippen molar-refractivity contribution in [2.45, 2.75) is 0 Å². The highest BCUT2D eigenvalue weighted by Crippen LogP contribution is 2.29. The van der Waals surface area contributed by atoms with Crippen molar-refractivity contribution in [3.05, 3.63) is 45.1 Å². The van der Waals surface area contributed by atoms with Gasteiger partial charge in [0.25, 0.3) is 0 Å². The van der Waals surface area contributed by atoms with Gasteiger partial charge in [-0.1, -0.05) is 23.7 Å². The topological polar surface area (TPSA) is 30.7 Å². The number of hydrogen-bond donors (Lipinski definition) is 0. The number of para-hydroxylation sites is 1. The van der Waals surface area contributed by atoms with Crippen molar-refractivity contribution < 1.29 is 0 Å². The zero-order valence-corrected chi connectivity index (χ0v) is 12.5. The highest BCUT2D eigenvalue weighted by atomic mass is 127. The van der Waals surface area contributed by atoms with E-state index in [-0.39, 0.29) is 0 Å². The number of hydrogen-bond acceptors (Lipinski definition) is 2. The van der Waals surface area contributed by atoms with Crippen LogP contribution in [0.4, 0.5) is 0 Å². The van der Waals surface area contributed by atoms with Gasteiger partial charge in [0.05, 0.1) is 21.9 Å². The van der Waals surface area contributed by atoms with Crippen LogP contribution in [0.2, 0.25) is 5.02 Å². The molecule has 5 heteroatoms. The van der Waals surface area contributed by atoms with Crippen LogP contribution in [0.5, 0.6) is 0 Å². The quantitative estimate of drug-likeness (QED) is 0.609. The lowest BCUT2D eigenvalue weighted by Crippen LogP contribution is -1.96. The van der Waals surface area contributed by atoms with Gasteiger partial charge in [0.2, 0.25) is 0 Å². The molecule has 3 aromatic rings. The van der Waals surface area contributed by atoms with Crippen LogP contribution in [0.25, 0.3) is 22.3 Å². The molecule has 0 aliphatic rings. The van der Waals surface area contributed by atoms with Crippen LogP contribution in [0, 0.1) is 3.57 Å². The van der Waals surface area contributed by atoms with E-state index in [2.05, 4.69) is 32.7 Å². The molecule has 0 spiro atoms. The van der Waals surface area contributed by atoms with Crippen LogP contribution >= 0.6 is 34.2 Å². The lowest BCUT2D eigenvalue weighted by atomic mass is 10.2. The summed E-state index contributed by atoms with van der Waals surface area (Å²) in [6.45, 7) is 0. The summed E-state index contributed by atoms with van der Waals surface area (Å²) >= 11 is 8.60. The van der Waals surface area contributed by atoms with E-state index >= 15 is 0 Å². The first-order chi connectivity index (χ1) is 8.66. The van der Waals surface area contributed by atoms with Gasteiger partial charge >= 0.3 is 0 Å². The number of nitrogens with zero attached hydrogens (tertiary/aromatic N) is 3. The minimum absolute atomic E-state index is 0.717. The van der Waals surface area contributed by atoms with Gasteiger partial charge < -0.3 is 0 Å². The highest BCUT2D eigenvalue weighted by molar-refractivity contribution is 14.1. The first-order valence-corrected chi connectivity index (χ1v) is 6.85. The minimum Gasteiger partial charge on any atom is -0.266 e. The molecule has 0 atom stereocenters. The third-order valence-corrected chi connectivity index (χ3v) is 4.01. The minimum atomic E-state index is 0.717. The molecule has 0 saturated carbocycles. The maximum Gasteiger partial charge on any atom is 0.0905 e. The maximum atomic E-state index is 6.33. The Hall–Kier alpha value is -1.14. The molecule has 2 aromatic heterocycles. The molecule has 0 amide bonds. The average molecular weight is 370 g/mol. The highest BCUT2D eigenvalue weighted by Gasteiger charge is 2.10. The second-order valence-electron chi connectivity index (χ2n) is 3.97. The lowest BCUT2D eigenvalue weighted by molar-refractivity contribution is 0.774. The fourth-order valence-electron chi connectivity index (χ4n) is 1.93. The number of aromatic nitrogens is 3.